The first-order chi connectivity index (χ1) is 13.3. The van der Waals surface area contributed by atoms with Gasteiger partial charge in [-0.2, -0.15) is 13.2 Å². The van der Waals surface area contributed by atoms with Crippen molar-refractivity contribution in [2.24, 2.45) is 0 Å². The Labute approximate surface area is 162 Å². The highest BCUT2D eigenvalue weighted by atomic mass is 19.4. The van der Waals surface area contributed by atoms with E-state index in [0.717, 1.165) is 37.0 Å². The summed E-state index contributed by atoms with van der Waals surface area (Å²) in [5, 5.41) is 2.40. The number of rotatable bonds is 5. The minimum Gasteiger partial charge on any atom is -0.324 e. The molecule has 150 valence electrons. The maximum atomic E-state index is 13.0. The molecule has 1 aliphatic rings. The lowest BCUT2D eigenvalue weighted by atomic mass is 10.1. The highest BCUT2D eigenvalue weighted by Crippen LogP contribution is 2.34. The number of nitrogens with zero attached hydrogens (tertiary/aromatic N) is 3. The van der Waals surface area contributed by atoms with E-state index in [9.17, 15) is 18.0 Å². The largest absolute Gasteiger partial charge is 0.418 e. The van der Waals surface area contributed by atoms with Crippen LogP contribution in [0, 0.1) is 6.92 Å². The quantitative estimate of drug-likeness (QED) is 0.849. The Morgan fingerprint density at radius 2 is 1.75 bits per heavy atom. The van der Waals surface area contributed by atoms with Crippen molar-refractivity contribution < 1.29 is 18.0 Å². The number of pyridine rings is 1. The van der Waals surface area contributed by atoms with Gasteiger partial charge in [0.15, 0.2) is 0 Å². The van der Waals surface area contributed by atoms with Crippen LogP contribution >= 0.6 is 0 Å². The van der Waals surface area contributed by atoms with Gasteiger partial charge in [0.1, 0.15) is 0 Å². The summed E-state index contributed by atoms with van der Waals surface area (Å²) in [6.45, 7) is 5.78. The van der Waals surface area contributed by atoms with E-state index in [2.05, 4.69) is 15.2 Å². The van der Waals surface area contributed by atoms with Gasteiger partial charge in [-0.05, 0) is 30.7 Å². The summed E-state index contributed by atoms with van der Waals surface area (Å²) in [4.78, 5) is 20.9. The number of carbonyl (C=O) groups is 1. The second-order valence-electron chi connectivity index (χ2n) is 6.91. The van der Waals surface area contributed by atoms with E-state index in [4.69, 9.17) is 0 Å². The van der Waals surface area contributed by atoms with E-state index in [-0.39, 0.29) is 12.2 Å². The molecule has 1 amide bonds. The van der Waals surface area contributed by atoms with Crippen LogP contribution in [0.3, 0.4) is 0 Å². The van der Waals surface area contributed by atoms with Crippen LogP contribution in [0.1, 0.15) is 16.8 Å². The van der Waals surface area contributed by atoms with Crippen LogP contribution in [-0.2, 0) is 17.5 Å². The summed E-state index contributed by atoms with van der Waals surface area (Å²) >= 11 is 0. The zero-order valence-corrected chi connectivity index (χ0v) is 15.7. The first-order valence-corrected chi connectivity index (χ1v) is 9.14. The minimum absolute atomic E-state index is 0.0721. The Kier molecular flexibility index (Phi) is 6.31. The van der Waals surface area contributed by atoms with Gasteiger partial charge in [-0.3, -0.25) is 19.6 Å². The average Bonchev–Trinajstić information content (AvgIpc) is 2.65. The number of carbonyl (C=O) groups excluding carboxylic acids is 1. The van der Waals surface area contributed by atoms with Crippen molar-refractivity contribution in [2.75, 3.05) is 38.0 Å². The fourth-order valence-corrected chi connectivity index (χ4v) is 3.23. The van der Waals surface area contributed by atoms with Gasteiger partial charge in [0.25, 0.3) is 0 Å². The van der Waals surface area contributed by atoms with Crippen molar-refractivity contribution in [1.29, 1.82) is 0 Å². The Bertz CT molecular complexity index is 817. The predicted molar refractivity (Wildman–Crippen MR) is 101 cm³/mol. The molecule has 1 aliphatic heterocycles. The topological polar surface area (TPSA) is 48.5 Å². The SMILES string of the molecule is Cc1cccnc1CN1CCN(CC(=O)Nc2ccccc2C(F)(F)F)CC1. The molecular weight excluding hydrogens is 369 g/mol. The predicted octanol–water partition coefficient (Wildman–Crippen LogP) is 3.17. The molecule has 0 radical (unpaired) electrons. The summed E-state index contributed by atoms with van der Waals surface area (Å²) in [6, 6.07) is 8.96. The molecule has 2 aromatic rings. The van der Waals surface area contributed by atoms with Crippen LogP contribution in [-0.4, -0.2) is 53.4 Å². The highest BCUT2D eigenvalue weighted by molar-refractivity contribution is 5.93. The molecule has 8 heteroatoms. The molecule has 0 unspecified atom stereocenters. The maximum Gasteiger partial charge on any atom is 0.418 e. The monoisotopic (exact) mass is 392 g/mol. The standard InChI is InChI=1S/C20H23F3N4O/c1-15-5-4-8-24-18(15)13-26-9-11-27(12-10-26)14-19(28)25-17-7-3-2-6-16(17)20(21,22)23/h2-8H,9-14H2,1H3,(H,25,28). The number of aryl methyl sites for hydroxylation is 1. The molecule has 1 fully saturated rings. The van der Waals surface area contributed by atoms with Crippen LogP contribution in [0.4, 0.5) is 18.9 Å². The Hall–Kier alpha value is -2.45. The summed E-state index contributed by atoms with van der Waals surface area (Å²) in [5.41, 5.74) is 1.15. The molecule has 0 saturated carbocycles. The maximum absolute atomic E-state index is 13.0. The number of nitrogens with one attached hydrogen (secondary N) is 1. The van der Waals surface area contributed by atoms with Crippen molar-refractivity contribution in [3.8, 4) is 0 Å². The summed E-state index contributed by atoms with van der Waals surface area (Å²) in [6.07, 6.45) is -2.72. The number of para-hydroxylation sites is 1. The van der Waals surface area contributed by atoms with Gasteiger partial charge in [0.2, 0.25) is 5.91 Å². The smallest absolute Gasteiger partial charge is 0.324 e. The molecular formula is C20H23F3N4O. The third kappa shape index (κ3) is 5.30. The fourth-order valence-electron chi connectivity index (χ4n) is 3.23. The van der Waals surface area contributed by atoms with Gasteiger partial charge < -0.3 is 5.32 Å². The lowest BCUT2D eigenvalue weighted by Gasteiger charge is -2.34. The van der Waals surface area contributed by atoms with Crippen molar-refractivity contribution in [3.05, 3.63) is 59.4 Å². The number of aromatic nitrogens is 1. The molecule has 5 nitrogen and oxygen atoms in total. The van der Waals surface area contributed by atoms with E-state index < -0.39 is 17.6 Å². The lowest BCUT2D eigenvalue weighted by molar-refractivity contribution is -0.137. The van der Waals surface area contributed by atoms with E-state index in [1.54, 1.807) is 6.20 Å². The first-order valence-electron chi connectivity index (χ1n) is 9.14. The van der Waals surface area contributed by atoms with Gasteiger partial charge in [-0.15, -0.1) is 0 Å². The van der Waals surface area contributed by atoms with E-state index >= 15 is 0 Å². The Balaban J connectivity index is 1.50. The van der Waals surface area contributed by atoms with E-state index in [1.807, 2.05) is 24.0 Å². The molecule has 0 spiro atoms. The number of benzene rings is 1. The Morgan fingerprint density at radius 3 is 2.43 bits per heavy atom. The molecule has 0 atom stereocenters. The van der Waals surface area contributed by atoms with Crippen molar-refractivity contribution in [2.45, 2.75) is 19.6 Å². The van der Waals surface area contributed by atoms with Crippen molar-refractivity contribution in [1.82, 2.24) is 14.8 Å². The minimum atomic E-state index is -4.50. The summed E-state index contributed by atoms with van der Waals surface area (Å²) in [7, 11) is 0. The number of amides is 1. The van der Waals surface area contributed by atoms with Crippen LogP contribution < -0.4 is 5.32 Å². The molecule has 1 aromatic heterocycles. The molecule has 1 N–H and O–H groups in total. The molecule has 0 aliphatic carbocycles. The number of hydrogen-bond acceptors (Lipinski definition) is 4. The van der Waals surface area contributed by atoms with Crippen molar-refractivity contribution >= 4 is 11.6 Å². The van der Waals surface area contributed by atoms with Crippen LogP contribution in [0.2, 0.25) is 0 Å². The number of alkyl halides is 3. The summed E-state index contributed by atoms with van der Waals surface area (Å²) < 4.78 is 39.1. The zero-order chi connectivity index (χ0) is 20.1. The van der Waals surface area contributed by atoms with Crippen LogP contribution in [0.25, 0.3) is 0 Å². The van der Waals surface area contributed by atoms with Crippen molar-refractivity contribution in [3.63, 3.8) is 0 Å². The number of halogens is 3. The lowest BCUT2D eigenvalue weighted by Crippen LogP contribution is -2.48. The Morgan fingerprint density at radius 1 is 1.07 bits per heavy atom. The van der Waals surface area contributed by atoms with E-state index in [0.29, 0.717) is 13.1 Å². The molecule has 3 rings (SSSR count). The van der Waals surface area contributed by atoms with Crippen LogP contribution in [0.5, 0.6) is 0 Å². The molecule has 2 heterocycles. The van der Waals surface area contributed by atoms with E-state index in [1.165, 1.54) is 18.2 Å². The number of hydrogen-bond donors (Lipinski definition) is 1. The number of piperazine rings is 1. The average molecular weight is 392 g/mol. The van der Waals surface area contributed by atoms with Gasteiger partial charge >= 0.3 is 6.18 Å². The summed E-state index contributed by atoms with van der Waals surface area (Å²) in [5.74, 6) is -0.439. The zero-order valence-electron chi connectivity index (χ0n) is 15.7. The van der Waals surface area contributed by atoms with Gasteiger partial charge in [0, 0.05) is 38.9 Å². The fraction of sp³-hybridized carbons (Fsp3) is 0.400. The first kappa shape index (κ1) is 20.3. The second kappa shape index (κ2) is 8.70. The third-order valence-electron chi connectivity index (χ3n) is 4.83. The molecule has 1 saturated heterocycles. The second-order valence-corrected chi connectivity index (χ2v) is 6.91. The van der Waals surface area contributed by atoms with Gasteiger partial charge in [0.05, 0.1) is 23.5 Å². The third-order valence-corrected chi connectivity index (χ3v) is 4.83. The molecule has 28 heavy (non-hydrogen) atoms. The normalized spacial score (nSPS) is 16.1. The van der Waals surface area contributed by atoms with Gasteiger partial charge in [-0.1, -0.05) is 18.2 Å². The number of anilines is 1. The van der Waals surface area contributed by atoms with Gasteiger partial charge in [-0.25, -0.2) is 0 Å². The molecule has 0 bridgehead atoms. The van der Waals surface area contributed by atoms with Crippen LogP contribution in [0.15, 0.2) is 42.6 Å². The highest BCUT2D eigenvalue weighted by Gasteiger charge is 2.33. The molecule has 1 aromatic carbocycles.